The highest BCUT2D eigenvalue weighted by molar-refractivity contribution is 4.87. The third kappa shape index (κ3) is 3.09. The summed E-state index contributed by atoms with van der Waals surface area (Å²) in [6.07, 6.45) is 1.19. The van der Waals surface area contributed by atoms with Crippen LogP contribution in [0.15, 0.2) is 0 Å². The number of hydrogen-bond donors (Lipinski definition) is 1. The Morgan fingerprint density at radius 2 is 2.17 bits per heavy atom. The molecule has 1 fully saturated rings. The first-order valence-corrected chi connectivity index (χ1v) is 4.77. The Bertz CT molecular complexity index is 109. The Balaban J connectivity index is 2.18. The molecule has 0 bridgehead atoms. The third-order valence-electron chi connectivity index (χ3n) is 2.20. The van der Waals surface area contributed by atoms with Crippen LogP contribution in [0.25, 0.3) is 0 Å². The highest BCUT2D eigenvalue weighted by Gasteiger charge is 2.16. The van der Waals surface area contributed by atoms with Crippen molar-refractivity contribution >= 4 is 0 Å². The number of nitrogens with zero attached hydrogens (tertiary/aromatic N) is 1. The van der Waals surface area contributed by atoms with E-state index in [-0.39, 0.29) is 0 Å². The number of ether oxygens (including phenoxy) is 1. The number of hydrogen-bond acceptors (Lipinski definition) is 3. The molecule has 3 heteroatoms. The van der Waals surface area contributed by atoms with E-state index in [1.807, 2.05) is 0 Å². The summed E-state index contributed by atoms with van der Waals surface area (Å²) in [5.41, 5.74) is 0. The van der Waals surface area contributed by atoms with Gasteiger partial charge in [-0.05, 0) is 13.1 Å². The van der Waals surface area contributed by atoms with Crippen LogP contribution in [-0.2, 0) is 4.74 Å². The topological polar surface area (TPSA) is 24.5 Å². The maximum Gasteiger partial charge on any atom is 0.124 e. The molecular formula is C9H19N2O. The maximum absolute atomic E-state index is 5.52. The van der Waals surface area contributed by atoms with Crippen molar-refractivity contribution in [3.05, 3.63) is 6.10 Å². The normalized spacial score (nSPS) is 20.2. The molecule has 3 nitrogen and oxygen atoms in total. The molecule has 1 radical (unpaired) electrons. The quantitative estimate of drug-likeness (QED) is 0.666. The van der Waals surface area contributed by atoms with Gasteiger partial charge in [-0.15, -0.1) is 0 Å². The fourth-order valence-corrected chi connectivity index (χ4v) is 1.34. The van der Waals surface area contributed by atoms with Crippen molar-refractivity contribution in [3.8, 4) is 0 Å². The summed E-state index contributed by atoms with van der Waals surface area (Å²) in [6, 6.07) is 0. The van der Waals surface area contributed by atoms with Gasteiger partial charge in [0.2, 0.25) is 0 Å². The smallest absolute Gasteiger partial charge is 0.124 e. The Morgan fingerprint density at radius 3 is 2.67 bits per heavy atom. The second kappa shape index (κ2) is 5.51. The van der Waals surface area contributed by atoms with E-state index in [2.05, 4.69) is 24.1 Å². The van der Waals surface area contributed by atoms with Crippen LogP contribution in [0.2, 0.25) is 0 Å². The molecule has 1 N–H and O–H groups in total. The van der Waals surface area contributed by atoms with E-state index < -0.39 is 0 Å². The van der Waals surface area contributed by atoms with Gasteiger partial charge in [-0.2, -0.15) is 0 Å². The van der Waals surface area contributed by atoms with Gasteiger partial charge in [0.1, 0.15) is 6.10 Å². The molecule has 71 valence electrons. The summed E-state index contributed by atoms with van der Waals surface area (Å²) in [7, 11) is 0. The SMILES string of the molecule is CCN(CC)C[C]1CNCCO1. The van der Waals surface area contributed by atoms with E-state index in [0.717, 1.165) is 39.3 Å². The molecule has 1 aliphatic rings. The maximum atomic E-state index is 5.52. The molecule has 0 atom stereocenters. The van der Waals surface area contributed by atoms with Crippen LogP contribution >= 0.6 is 0 Å². The number of rotatable bonds is 4. The lowest BCUT2D eigenvalue weighted by molar-refractivity contribution is 0.0847. The second-order valence-electron chi connectivity index (χ2n) is 3.03. The Morgan fingerprint density at radius 1 is 1.42 bits per heavy atom. The molecule has 0 amide bonds. The van der Waals surface area contributed by atoms with Crippen molar-refractivity contribution in [3.63, 3.8) is 0 Å². The first kappa shape index (κ1) is 9.96. The molecule has 0 aromatic rings. The highest BCUT2D eigenvalue weighted by atomic mass is 16.5. The molecule has 1 rings (SSSR count). The number of likely N-dealkylation sites (N-methyl/N-ethyl adjacent to an activating group) is 1. The van der Waals surface area contributed by atoms with E-state index >= 15 is 0 Å². The predicted octanol–water partition coefficient (Wildman–Crippen LogP) is 0.480. The van der Waals surface area contributed by atoms with Gasteiger partial charge in [0.15, 0.2) is 0 Å². The summed E-state index contributed by atoms with van der Waals surface area (Å²) in [5, 5.41) is 3.30. The van der Waals surface area contributed by atoms with E-state index in [1.54, 1.807) is 0 Å². The monoisotopic (exact) mass is 171 g/mol. The predicted molar refractivity (Wildman–Crippen MR) is 49.9 cm³/mol. The Kier molecular flexibility index (Phi) is 4.58. The van der Waals surface area contributed by atoms with Crippen LogP contribution in [-0.4, -0.2) is 44.2 Å². The zero-order valence-electron chi connectivity index (χ0n) is 8.10. The molecule has 0 unspecified atom stereocenters. The van der Waals surface area contributed by atoms with Crippen molar-refractivity contribution in [1.29, 1.82) is 0 Å². The molecule has 0 aliphatic carbocycles. The lowest BCUT2D eigenvalue weighted by atomic mass is 10.3. The Labute approximate surface area is 75.1 Å². The minimum Gasteiger partial charge on any atom is -0.368 e. The zero-order valence-corrected chi connectivity index (χ0v) is 8.10. The minimum atomic E-state index is 0.830. The van der Waals surface area contributed by atoms with Crippen LogP contribution in [0, 0.1) is 6.10 Å². The van der Waals surface area contributed by atoms with Crippen LogP contribution in [0.4, 0.5) is 0 Å². The van der Waals surface area contributed by atoms with Crippen molar-refractivity contribution in [2.24, 2.45) is 0 Å². The average molecular weight is 171 g/mol. The van der Waals surface area contributed by atoms with Gasteiger partial charge in [-0.3, -0.25) is 0 Å². The van der Waals surface area contributed by atoms with Crippen molar-refractivity contribution in [2.75, 3.05) is 39.3 Å². The lowest BCUT2D eigenvalue weighted by Crippen LogP contribution is -2.40. The first-order chi connectivity index (χ1) is 5.86. The van der Waals surface area contributed by atoms with Gasteiger partial charge in [-0.1, -0.05) is 13.8 Å². The number of morpholine rings is 1. The van der Waals surface area contributed by atoms with Crippen LogP contribution in [0.1, 0.15) is 13.8 Å². The summed E-state index contributed by atoms with van der Waals surface area (Å²) in [5.74, 6) is 0. The molecule has 0 aromatic carbocycles. The van der Waals surface area contributed by atoms with Crippen molar-refractivity contribution in [2.45, 2.75) is 13.8 Å². The molecular weight excluding hydrogens is 152 g/mol. The summed E-state index contributed by atoms with van der Waals surface area (Å²) >= 11 is 0. The van der Waals surface area contributed by atoms with Gasteiger partial charge in [0, 0.05) is 19.6 Å². The van der Waals surface area contributed by atoms with Crippen molar-refractivity contribution < 1.29 is 4.74 Å². The van der Waals surface area contributed by atoms with E-state index in [9.17, 15) is 0 Å². The minimum absolute atomic E-state index is 0.830. The van der Waals surface area contributed by atoms with Crippen LogP contribution in [0.3, 0.4) is 0 Å². The summed E-state index contributed by atoms with van der Waals surface area (Å²) in [6.45, 7) is 10.3. The van der Waals surface area contributed by atoms with Crippen molar-refractivity contribution in [1.82, 2.24) is 10.2 Å². The molecule has 12 heavy (non-hydrogen) atoms. The molecule has 1 heterocycles. The standard InChI is InChI=1S/C9H19N2O/c1-3-11(4-2)8-9-7-10-5-6-12-9/h10H,3-8H2,1-2H3. The van der Waals surface area contributed by atoms with Gasteiger partial charge in [0.05, 0.1) is 6.61 Å². The molecule has 1 aliphatic heterocycles. The van der Waals surface area contributed by atoms with E-state index in [0.29, 0.717) is 0 Å². The first-order valence-electron chi connectivity index (χ1n) is 4.77. The highest BCUT2D eigenvalue weighted by Crippen LogP contribution is 2.06. The fraction of sp³-hybridized carbons (Fsp3) is 0.889. The van der Waals surface area contributed by atoms with Gasteiger partial charge >= 0.3 is 0 Å². The molecule has 1 saturated heterocycles. The largest absolute Gasteiger partial charge is 0.368 e. The lowest BCUT2D eigenvalue weighted by Gasteiger charge is -2.27. The van der Waals surface area contributed by atoms with E-state index in [1.165, 1.54) is 6.10 Å². The van der Waals surface area contributed by atoms with Crippen LogP contribution < -0.4 is 5.32 Å². The summed E-state index contributed by atoms with van der Waals surface area (Å²) < 4.78 is 5.52. The fourth-order valence-electron chi connectivity index (χ4n) is 1.34. The molecule has 0 spiro atoms. The van der Waals surface area contributed by atoms with Gasteiger partial charge < -0.3 is 15.0 Å². The summed E-state index contributed by atoms with van der Waals surface area (Å²) in [4.78, 5) is 2.36. The molecule has 0 aromatic heterocycles. The van der Waals surface area contributed by atoms with Gasteiger partial charge in [0.25, 0.3) is 0 Å². The Hall–Kier alpha value is -0.120. The number of nitrogens with one attached hydrogen (secondary N) is 1. The third-order valence-corrected chi connectivity index (χ3v) is 2.20. The van der Waals surface area contributed by atoms with E-state index in [4.69, 9.17) is 4.74 Å². The van der Waals surface area contributed by atoms with Crippen LogP contribution in [0.5, 0.6) is 0 Å². The van der Waals surface area contributed by atoms with Gasteiger partial charge in [-0.25, -0.2) is 0 Å². The zero-order chi connectivity index (χ0) is 8.81. The second-order valence-corrected chi connectivity index (χ2v) is 3.03. The average Bonchev–Trinajstić information content (AvgIpc) is 2.16. The molecule has 0 saturated carbocycles.